The van der Waals surface area contributed by atoms with Crippen molar-refractivity contribution in [1.82, 2.24) is 5.32 Å². The van der Waals surface area contributed by atoms with Crippen molar-refractivity contribution in [1.29, 1.82) is 0 Å². The van der Waals surface area contributed by atoms with Gasteiger partial charge in [-0.05, 0) is 19.3 Å². The van der Waals surface area contributed by atoms with Gasteiger partial charge in [-0.15, -0.1) is 0 Å². The molecule has 0 aliphatic heterocycles. The quantitative estimate of drug-likeness (QED) is 0.176. The molecule has 0 bridgehead atoms. The van der Waals surface area contributed by atoms with Gasteiger partial charge in [0.1, 0.15) is 5.90 Å². The van der Waals surface area contributed by atoms with Gasteiger partial charge < -0.3 is 20.0 Å². The molecule has 1 amide bonds. The molecule has 168 valence electrons. The van der Waals surface area contributed by atoms with Crippen LogP contribution in [0.5, 0.6) is 0 Å². The van der Waals surface area contributed by atoms with Crippen LogP contribution in [0.2, 0.25) is 0 Å². The number of nitrogens with one attached hydrogen (secondary N) is 1. The van der Waals surface area contributed by atoms with Gasteiger partial charge in [0, 0.05) is 18.6 Å². The first kappa shape index (κ1) is 27.8. The van der Waals surface area contributed by atoms with Crippen molar-refractivity contribution >= 4 is 20.9 Å². The molecule has 2 unspecified atom stereocenters. The van der Waals surface area contributed by atoms with Crippen LogP contribution >= 0.6 is 15.0 Å². The molecule has 0 aromatic heterocycles. The van der Waals surface area contributed by atoms with Gasteiger partial charge >= 0.3 is 7.60 Å². The summed E-state index contributed by atoms with van der Waals surface area (Å²) in [6.45, 7) is 4.56. The first-order chi connectivity index (χ1) is 13.1. The first-order valence-corrected chi connectivity index (χ1v) is 14.5. The summed E-state index contributed by atoms with van der Waals surface area (Å²) in [6, 6.07) is 0. The fraction of sp³-hybridized carbons (Fsp3) is 0.947. The molecular formula is C19H41NO6P2. The van der Waals surface area contributed by atoms with Gasteiger partial charge in [0.15, 0.2) is 0 Å². The smallest absolute Gasteiger partial charge is 0.335 e. The van der Waals surface area contributed by atoms with Gasteiger partial charge in [-0.1, -0.05) is 71.6 Å². The van der Waals surface area contributed by atoms with Crippen molar-refractivity contribution in [2.45, 2.75) is 103 Å². The fourth-order valence-corrected chi connectivity index (χ4v) is 7.51. The second-order valence-corrected chi connectivity index (χ2v) is 12.4. The highest BCUT2D eigenvalue weighted by Gasteiger charge is 2.36. The van der Waals surface area contributed by atoms with Crippen molar-refractivity contribution in [3.63, 3.8) is 0 Å². The number of rotatable bonds is 18. The zero-order valence-corrected chi connectivity index (χ0v) is 19.4. The second-order valence-electron chi connectivity index (χ2n) is 7.68. The number of hydrogen-bond donors (Lipinski definition) is 4. The normalized spacial score (nSPS) is 15.2. The van der Waals surface area contributed by atoms with Crippen LogP contribution in [-0.4, -0.2) is 38.7 Å². The largest absolute Gasteiger partial charge is 0.356 e. The molecule has 0 radical (unpaired) electrons. The number of carbonyl (C=O) groups is 1. The summed E-state index contributed by atoms with van der Waals surface area (Å²) in [6.07, 6.45) is 11.5. The summed E-state index contributed by atoms with van der Waals surface area (Å²) in [4.78, 5) is 39.8. The Balaban J connectivity index is 4.38. The Labute approximate surface area is 170 Å². The third kappa shape index (κ3) is 15.7. The number of hydrogen-bond acceptors (Lipinski definition) is 3. The van der Waals surface area contributed by atoms with Crippen LogP contribution in [0.3, 0.4) is 0 Å². The van der Waals surface area contributed by atoms with Gasteiger partial charge in [0.25, 0.3) is 0 Å². The monoisotopic (exact) mass is 441 g/mol. The van der Waals surface area contributed by atoms with Gasteiger partial charge in [0.2, 0.25) is 13.3 Å². The van der Waals surface area contributed by atoms with E-state index in [1.807, 2.05) is 0 Å². The second kappa shape index (κ2) is 15.6. The average molecular weight is 441 g/mol. The van der Waals surface area contributed by atoms with E-state index in [9.17, 15) is 18.8 Å². The molecule has 0 aromatic carbocycles. The van der Waals surface area contributed by atoms with Crippen LogP contribution < -0.4 is 5.32 Å². The maximum absolute atomic E-state index is 12.6. The minimum absolute atomic E-state index is 0.0123. The van der Waals surface area contributed by atoms with E-state index in [-0.39, 0.29) is 5.91 Å². The van der Waals surface area contributed by atoms with Crippen LogP contribution in [-0.2, 0) is 13.9 Å². The van der Waals surface area contributed by atoms with E-state index in [1.165, 1.54) is 25.7 Å². The van der Waals surface area contributed by atoms with Gasteiger partial charge in [-0.2, -0.15) is 0 Å². The molecule has 0 aliphatic carbocycles. The summed E-state index contributed by atoms with van der Waals surface area (Å²) in [5.41, 5.74) is -0.555. The number of unbranched alkanes of at least 4 members (excludes halogenated alkanes) is 8. The van der Waals surface area contributed by atoms with Crippen LogP contribution in [0, 0.1) is 0 Å². The van der Waals surface area contributed by atoms with Crippen molar-refractivity contribution < 1.29 is 28.6 Å². The number of carbonyl (C=O) groups excluding carboxylic acids is 1. The Bertz CT molecular complexity index is 509. The van der Waals surface area contributed by atoms with Crippen LogP contribution in [0.1, 0.15) is 97.3 Å². The van der Waals surface area contributed by atoms with Crippen molar-refractivity contribution in [2.75, 3.05) is 12.4 Å². The lowest BCUT2D eigenvalue weighted by molar-refractivity contribution is -0.120. The van der Waals surface area contributed by atoms with Crippen molar-refractivity contribution in [3.05, 3.63) is 0 Å². The van der Waals surface area contributed by atoms with Crippen LogP contribution in [0.15, 0.2) is 0 Å². The minimum Gasteiger partial charge on any atom is -0.356 e. The van der Waals surface area contributed by atoms with Crippen molar-refractivity contribution in [3.8, 4) is 0 Å². The summed E-state index contributed by atoms with van der Waals surface area (Å²) in [7, 11) is -8.42. The molecule has 9 heteroatoms. The molecule has 0 fully saturated rings. The Hall–Kier alpha value is -0.190. The third-order valence-corrected chi connectivity index (χ3v) is 9.71. The van der Waals surface area contributed by atoms with Gasteiger partial charge in [-0.3, -0.25) is 13.9 Å². The Morgan fingerprint density at radius 1 is 0.821 bits per heavy atom. The highest BCUT2D eigenvalue weighted by atomic mass is 31.2. The highest BCUT2D eigenvalue weighted by Crippen LogP contribution is 2.59. The van der Waals surface area contributed by atoms with Crippen molar-refractivity contribution in [2.24, 2.45) is 0 Å². The predicted molar refractivity (Wildman–Crippen MR) is 115 cm³/mol. The summed E-state index contributed by atoms with van der Waals surface area (Å²) in [5, 5.41) is 2.80. The lowest BCUT2D eigenvalue weighted by Crippen LogP contribution is -2.23. The standard InChI is InChI=1S/C19H41NO6P2/c1-3-5-6-7-8-9-11-14-18(27(22,23)17-28(24,25)26)15-12-10-13-16-20-19(21)4-2/h18H,3-17H2,1-2H3,(H,20,21)(H,22,23)(H2,24,25,26). The molecule has 0 spiro atoms. The Kier molecular flexibility index (Phi) is 15.5. The molecule has 2 atom stereocenters. The minimum atomic E-state index is -4.52. The predicted octanol–water partition coefficient (Wildman–Crippen LogP) is 4.99. The van der Waals surface area contributed by atoms with E-state index < -0.39 is 26.5 Å². The van der Waals surface area contributed by atoms with Crippen LogP contribution in [0.4, 0.5) is 0 Å². The summed E-state index contributed by atoms with van der Waals surface area (Å²) >= 11 is 0. The molecule has 0 aromatic rings. The summed E-state index contributed by atoms with van der Waals surface area (Å²) < 4.78 is 23.8. The molecule has 0 rings (SSSR count). The van der Waals surface area contributed by atoms with E-state index in [4.69, 9.17) is 9.79 Å². The lowest BCUT2D eigenvalue weighted by atomic mass is 10.0. The first-order valence-electron chi connectivity index (χ1n) is 10.7. The summed E-state index contributed by atoms with van der Waals surface area (Å²) in [5.74, 6) is -0.911. The van der Waals surface area contributed by atoms with E-state index in [0.29, 0.717) is 25.8 Å². The van der Waals surface area contributed by atoms with Gasteiger partial charge in [0.05, 0.1) is 0 Å². The SMILES string of the molecule is CCCCCCCCCC(CCCCCNC(=O)CC)P(=O)(O)CP(=O)(O)O. The van der Waals surface area contributed by atoms with E-state index in [0.717, 1.165) is 38.5 Å². The molecule has 0 saturated carbocycles. The average Bonchev–Trinajstić information content (AvgIpc) is 2.59. The van der Waals surface area contributed by atoms with Crippen LogP contribution in [0.25, 0.3) is 0 Å². The zero-order valence-electron chi connectivity index (χ0n) is 17.6. The molecule has 4 N–H and O–H groups in total. The Morgan fingerprint density at radius 3 is 1.82 bits per heavy atom. The maximum Gasteiger partial charge on any atom is 0.335 e. The number of amides is 1. The fourth-order valence-electron chi connectivity index (χ4n) is 3.30. The molecule has 0 saturated heterocycles. The van der Waals surface area contributed by atoms with E-state index in [2.05, 4.69) is 12.2 Å². The topological polar surface area (TPSA) is 124 Å². The Morgan fingerprint density at radius 2 is 1.32 bits per heavy atom. The molecule has 28 heavy (non-hydrogen) atoms. The molecular weight excluding hydrogens is 400 g/mol. The highest BCUT2D eigenvalue weighted by molar-refractivity contribution is 7.73. The molecule has 7 nitrogen and oxygen atoms in total. The zero-order chi connectivity index (χ0) is 21.5. The lowest BCUT2D eigenvalue weighted by Gasteiger charge is -2.23. The van der Waals surface area contributed by atoms with E-state index in [1.54, 1.807) is 6.92 Å². The molecule has 0 heterocycles. The van der Waals surface area contributed by atoms with E-state index >= 15 is 0 Å². The third-order valence-electron chi connectivity index (χ3n) is 4.96. The maximum atomic E-state index is 12.6. The molecule has 0 aliphatic rings. The van der Waals surface area contributed by atoms with Gasteiger partial charge in [-0.25, -0.2) is 0 Å².